The van der Waals surface area contributed by atoms with Crippen molar-refractivity contribution in [2.75, 3.05) is 10.2 Å². The largest absolute Gasteiger partial charge is 0.481 e. The molecule has 0 fully saturated rings. The average Bonchev–Trinajstić information content (AvgIpc) is 3.01. The van der Waals surface area contributed by atoms with Crippen LogP contribution in [-0.4, -0.2) is 29.5 Å². The summed E-state index contributed by atoms with van der Waals surface area (Å²) in [7, 11) is 0. The van der Waals surface area contributed by atoms with Gasteiger partial charge in [-0.15, -0.1) is 0 Å². The van der Waals surface area contributed by atoms with Crippen molar-refractivity contribution in [2.24, 2.45) is 4.99 Å². The number of aliphatic imine (C=N–C) groups is 1. The summed E-state index contributed by atoms with van der Waals surface area (Å²) in [5.41, 5.74) is 1.92. The second-order valence-electron chi connectivity index (χ2n) is 6.85. The Bertz CT molecular complexity index is 1140. The molecule has 152 valence electrons. The topological polar surface area (TPSA) is 99.1 Å². The number of carbonyl (C=O) groups excluding carboxylic acids is 2. The van der Waals surface area contributed by atoms with Gasteiger partial charge in [0.15, 0.2) is 5.78 Å². The Morgan fingerprint density at radius 3 is 2.77 bits per heavy atom. The van der Waals surface area contributed by atoms with Crippen molar-refractivity contribution < 1.29 is 28.3 Å². The lowest BCUT2D eigenvalue weighted by atomic mass is 9.90. The number of benzene rings is 2. The molecule has 4 rings (SSSR count). The number of anilines is 2. The quantitative estimate of drug-likeness (QED) is 0.713. The third kappa shape index (κ3) is 3.24. The smallest absolute Gasteiger partial charge is 0.307 e. The standard InChI is InChI=1S/C21H15F2N3O4/c22-13-2-3-14(23)12(5-13)9-26-15-4-1-11(6-18(29)30)21(25-10-27)20(15)19-16(26)7-24-8-17(19)28/h1-5,7-8,10,19H,6,9H2,(H,25,27)(H,29,30). The number of nitrogens with zero attached hydrogens (tertiary/aromatic N) is 2. The van der Waals surface area contributed by atoms with Gasteiger partial charge in [0, 0.05) is 23.0 Å². The molecule has 2 aromatic carbocycles. The van der Waals surface area contributed by atoms with Crippen LogP contribution in [0.2, 0.25) is 0 Å². The van der Waals surface area contributed by atoms with Gasteiger partial charge in [-0.1, -0.05) is 6.07 Å². The summed E-state index contributed by atoms with van der Waals surface area (Å²) in [4.78, 5) is 40.7. The number of ketones is 1. The zero-order chi connectivity index (χ0) is 21.4. The first-order valence-corrected chi connectivity index (χ1v) is 8.97. The highest BCUT2D eigenvalue weighted by Gasteiger charge is 2.42. The van der Waals surface area contributed by atoms with Crippen LogP contribution >= 0.6 is 0 Å². The Labute approximate surface area is 169 Å². The fourth-order valence-corrected chi connectivity index (χ4v) is 3.87. The monoisotopic (exact) mass is 411 g/mol. The molecule has 0 bridgehead atoms. The van der Waals surface area contributed by atoms with Crippen LogP contribution in [0.3, 0.4) is 0 Å². The van der Waals surface area contributed by atoms with Gasteiger partial charge in [-0.2, -0.15) is 0 Å². The zero-order valence-corrected chi connectivity index (χ0v) is 15.4. The molecule has 2 aromatic rings. The highest BCUT2D eigenvalue weighted by molar-refractivity contribution is 6.33. The van der Waals surface area contributed by atoms with Crippen LogP contribution in [0.15, 0.2) is 47.2 Å². The van der Waals surface area contributed by atoms with E-state index in [0.29, 0.717) is 28.9 Å². The van der Waals surface area contributed by atoms with Gasteiger partial charge in [0.2, 0.25) is 6.41 Å². The van der Waals surface area contributed by atoms with Crippen LogP contribution in [0.25, 0.3) is 0 Å². The Balaban J connectivity index is 1.89. The van der Waals surface area contributed by atoms with Crippen LogP contribution in [0, 0.1) is 11.6 Å². The minimum atomic E-state index is -1.10. The number of fused-ring (bicyclic) bond motifs is 3. The maximum Gasteiger partial charge on any atom is 0.307 e. The van der Waals surface area contributed by atoms with Gasteiger partial charge >= 0.3 is 5.97 Å². The van der Waals surface area contributed by atoms with Crippen molar-refractivity contribution in [3.63, 3.8) is 0 Å². The van der Waals surface area contributed by atoms with Crippen molar-refractivity contribution in [3.8, 4) is 0 Å². The number of hydrogen-bond acceptors (Lipinski definition) is 5. The number of carboxylic acids is 1. The zero-order valence-electron chi connectivity index (χ0n) is 15.4. The summed E-state index contributed by atoms with van der Waals surface area (Å²) < 4.78 is 27.9. The van der Waals surface area contributed by atoms with Crippen molar-refractivity contribution in [1.82, 2.24) is 0 Å². The molecule has 1 atom stereocenters. The van der Waals surface area contributed by atoms with Crippen LogP contribution in [0.4, 0.5) is 20.2 Å². The third-order valence-electron chi connectivity index (χ3n) is 5.07. The second kappa shape index (κ2) is 7.51. The number of nitrogens with one attached hydrogen (secondary N) is 1. The molecule has 2 aliphatic heterocycles. The van der Waals surface area contributed by atoms with Crippen molar-refractivity contribution in [2.45, 2.75) is 18.9 Å². The Hall–Kier alpha value is -3.88. The van der Waals surface area contributed by atoms with Crippen LogP contribution in [0.1, 0.15) is 22.6 Å². The molecule has 2 heterocycles. The van der Waals surface area contributed by atoms with E-state index in [1.165, 1.54) is 12.3 Å². The van der Waals surface area contributed by atoms with E-state index in [0.717, 1.165) is 24.4 Å². The molecule has 0 radical (unpaired) electrons. The fourth-order valence-electron chi connectivity index (χ4n) is 3.87. The van der Waals surface area contributed by atoms with E-state index in [1.54, 1.807) is 11.0 Å². The molecule has 2 aliphatic rings. The summed E-state index contributed by atoms with van der Waals surface area (Å²) in [6.07, 6.45) is 2.63. The lowest BCUT2D eigenvalue weighted by molar-refractivity contribution is -0.136. The molecule has 30 heavy (non-hydrogen) atoms. The van der Waals surface area contributed by atoms with Crippen molar-refractivity contribution in [1.29, 1.82) is 0 Å². The first kappa shape index (κ1) is 19.4. The predicted octanol–water partition coefficient (Wildman–Crippen LogP) is 2.76. The van der Waals surface area contributed by atoms with Crippen LogP contribution < -0.4 is 10.2 Å². The van der Waals surface area contributed by atoms with Crippen molar-refractivity contribution in [3.05, 3.63) is 70.6 Å². The van der Waals surface area contributed by atoms with Gasteiger partial charge in [0.05, 0.1) is 36.5 Å². The Morgan fingerprint density at radius 1 is 1.23 bits per heavy atom. The van der Waals surface area contributed by atoms with Gasteiger partial charge < -0.3 is 15.3 Å². The number of aliphatic carboxylic acids is 1. The van der Waals surface area contributed by atoms with Crippen LogP contribution in [0.5, 0.6) is 0 Å². The van der Waals surface area contributed by atoms with Gasteiger partial charge in [-0.3, -0.25) is 19.4 Å². The minimum absolute atomic E-state index is 0.0732. The molecular formula is C21H15F2N3O4. The van der Waals surface area contributed by atoms with E-state index < -0.39 is 23.5 Å². The van der Waals surface area contributed by atoms with Gasteiger partial charge in [-0.05, 0) is 29.8 Å². The lowest BCUT2D eigenvalue weighted by Crippen LogP contribution is -2.25. The number of hydrogen-bond donors (Lipinski definition) is 2. The number of carbonyl (C=O) groups is 3. The molecule has 0 spiro atoms. The number of rotatable bonds is 6. The van der Waals surface area contributed by atoms with Gasteiger partial charge in [0.1, 0.15) is 11.6 Å². The second-order valence-corrected chi connectivity index (χ2v) is 6.85. The van der Waals surface area contributed by atoms with Crippen molar-refractivity contribution >= 4 is 35.8 Å². The molecule has 9 heteroatoms. The molecule has 1 unspecified atom stereocenters. The number of halogens is 2. The third-order valence-corrected chi connectivity index (χ3v) is 5.07. The fraction of sp³-hybridized carbons (Fsp3) is 0.143. The van der Waals surface area contributed by atoms with E-state index in [4.69, 9.17) is 0 Å². The lowest BCUT2D eigenvalue weighted by Gasteiger charge is -2.23. The maximum atomic E-state index is 14.3. The SMILES string of the molecule is O=CNc1c(CC(=O)O)ccc2c1C1C(=O)C=NC=C1N2Cc1cc(F)ccc1F. The number of allylic oxidation sites excluding steroid dienone is 1. The number of Topliss-reactive ketones (excluding diaryl/α,β-unsaturated/α-hetero) is 1. The molecule has 0 saturated heterocycles. The normalized spacial score (nSPS) is 16.7. The summed E-state index contributed by atoms with van der Waals surface area (Å²) in [6.45, 7) is -0.0828. The van der Waals surface area contributed by atoms with E-state index in [1.807, 2.05) is 0 Å². The number of amides is 1. The molecule has 0 aliphatic carbocycles. The highest BCUT2D eigenvalue weighted by Crippen LogP contribution is 2.50. The minimum Gasteiger partial charge on any atom is -0.481 e. The molecule has 1 amide bonds. The van der Waals surface area contributed by atoms with E-state index in [2.05, 4.69) is 10.3 Å². The molecular weight excluding hydrogens is 396 g/mol. The highest BCUT2D eigenvalue weighted by atomic mass is 19.1. The first-order valence-electron chi connectivity index (χ1n) is 8.97. The summed E-state index contributed by atoms with van der Waals surface area (Å²) in [5, 5.41) is 11.7. The molecule has 0 saturated carbocycles. The number of carboxylic acid groups (broad SMARTS) is 1. The Morgan fingerprint density at radius 2 is 2.03 bits per heavy atom. The first-order chi connectivity index (χ1) is 14.4. The molecule has 7 nitrogen and oxygen atoms in total. The van der Waals surface area contributed by atoms with Crippen LogP contribution in [-0.2, 0) is 27.3 Å². The van der Waals surface area contributed by atoms with Gasteiger partial charge in [0.25, 0.3) is 0 Å². The van der Waals surface area contributed by atoms with E-state index in [9.17, 15) is 28.3 Å². The molecule has 2 N–H and O–H groups in total. The predicted molar refractivity (Wildman–Crippen MR) is 104 cm³/mol. The average molecular weight is 411 g/mol. The molecule has 0 aromatic heterocycles. The summed E-state index contributed by atoms with van der Waals surface area (Å²) in [5.74, 6) is -3.52. The summed E-state index contributed by atoms with van der Waals surface area (Å²) in [6, 6.07) is 6.23. The van der Waals surface area contributed by atoms with E-state index >= 15 is 0 Å². The summed E-state index contributed by atoms with van der Waals surface area (Å²) >= 11 is 0. The maximum absolute atomic E-state index is 14.3. The van der Waals surface area contributed by atoms with E-state index in [-0.39, 0.29) is 30.0 Å². The Kier molecular flexibility index (Phi) is 4.86. The van der Waals surface area contributed by atoms with Gasteiger partial charge in [-0.25, -0.2) is 8.78 Å².